The van der Waals surface area contributed by atoms with Gasteiger partial charge in [0.05, 0.1) is 6.61 Å². The van der Waals surface area contributed by atoms with Crippen LogP contribution in [0.15, 0.2) is 18.2 Å². The zero-order valence-electron chi connectivity index (χ0n) is 8.71. The highest BCUT2D eigenvalue weighted by atomic mass is 19.3. The summed E-state index contributed by atoms with van der Waals surface area (Å²) in [4.78, 5) is 0. The Morgan fingerprint density at radius 3 is 2.53 bits per heavy atom. The lowest BCUT2D eigenvalue weighted by Gasteiger charge is -2.11. The summed E-state index contributed by atoms with van der Waals surface area (Å²) in [5, 5.41) is 9.36. The van der Waals surface area contributed by atoms with Gasteiger partial charge in [0.25, 0.3) is 6.43 Å². The Bertz CT molecular complexity index is 324. The Hall–Kier alpha value is -1.32. The molecule has 84 valence electrons. The van der Waals surface area contributed by atoms with Gasteiger partial charge in [-0.15, -0.1) is 0 Å². The van der Waals surface area contributed by atoms with E-state index in [0.29, 0.717) is 6.61 Å². The molecule has 0 radical (unpaired) electrons. The molecule has 0 amide bonds. The number of phenols is 1. The van der Waals surface area contributed by atoms with Gasteiger partial charge in [-0.2, -0.15) is 0 Å². The number of aromatic hydroxyl groups is 1. The van der Waals surface area contributed by atoms with Gasteiger partial charge in [-0.25, -0.2) is 8.78 Å². The van der Waals surface area contributed by atoms with Crippen LogP contribution in [-0.4, -0.2) is 11.7 Å². The average molecular weight is 216 g/mol. The molecular formula is C11H14F2O2. The van der Waals surface area contributed by atoms with E-state index in [9.17, 15) is 13.9 Å². The fraction of sp³-hybridized carbons (Fsp3) is 0.455. The van der Waals surface area contributed by atoms with Crippen LogP contribution < -0.4 is 4.74 Å². The summed E-state index contributed by atoms with van der Waals surface area (Å²) in [7, 11) is 0. The molecule has 0 aromatic heterocycles. The third-order valence-corrected chi connectivity index (χ3v) is 1.81. The minimum Gasteiger partial charge on any atom is -0.504 e. The number of halogens is 2. The van der Waals surface area contributed by atoms with Gasteiger partial charge >= 0.3 is 0 Å². The van der Waals surface area contributed by atoms with Gasteiger partial charge < -0.3 is 9.84 Å². The lowest BCUT2D eigenvalue weighted by Crippen LogP contribution is -2.04. The van der Waals surface area contributed by atoms with Gasteiger partial charge in [0.15, 0.2) is 11.5 Å². The maximum atomic E-state index is 12.3. The van der Waals surface area contributed by atoms with E-state index in [1.807, 2.05) is 13.8 Å². The first-order chi connectivity index (χ1) is 7.00. The first kappa shape index (κ1) is 11.8. The van der Waals surface area contributed by atoms with E-state index in [1.54, 1.807) is 0 Å². The summed E-state index contributed by atoms with van der Waals surface area (Å²) in [5.41, 5.74) is -0.147. The minimum absolute atomic E-state index is 0.111. The Labute approximate surface area is 87.5 Å². The molecule has 0 aliphatic rings. The molecule has 15 heavy (non-hydrogen) atoms. The van der Waals surface area contributed by atoms with Gasteiger partial charge in [-0.05, 0) is 24.1 Å². The maximum absolute atomic E-state index is 12.3. The van der Waals surface area contributed by atoms with Crippen LogP contribution in [-0.2, 0) is 0 Å². The quantitative estimate of drug-likeness (QED) is 0.836. The molecule has 1 aromatic carbocycles. The largest absolute Gasteiger partial charge is 0.504 e. The van der Waals surface area contributed by atoms with E-state index in [1.165, 1.54) is 18.2 Å². The van der Waals surface area contributed by atoms with Crippen LogP contribution in [0.3, 0.4) is 0 Å². The van der Waals surface area contributed by atoms with Gasteiger partial charge in [0.1, 0.15) is 0 Å². The predicted molar refractivity (Wildman–Crippen MR) is 53.4 cm³/mol. The van der Waals surface area contributed by atoms with E-state index in [2.05, 4.69) is 0 Å². The van der Waals surface area contributed by atoms with Crippen LogP contribution in [0.5, 0.6) is 11.5 Å². The van der Waals surface area contributed by atoms with Crippen molar-refractivity contribution in [1.29, 1.82) is 0 Å². The van der Waals surface area contributed by atoms with Crippen molar-refractivity contribution in [1.82, 2.24) is 0 Å². The summed E-state index contributed by atoms with van der Waals surface area (Å²) in [6.45, 7) is 4.27. The second kappa shape index (κ2) is 4.96. The van der Waals surface area contributed by atoms with Crippen LogP contribution in [0, 0.1) is 5.92 Å². The third kappa shape index (κ3) is 3.38. The number of alkyl halides is 2. The number of benzene rings is 1. The summed E-state index contributed by atoms with van der Waals surface area (Å²) in [6.07, 6.45) is -2.55. The van der Waals surface area contributed by atoms with Crippen LogP contribution in [0.1, 0.15) is 25.8 Å². The molecule has 2 nitrogen and oxygen atoms in total. The van der Waals surface area contributed by atoms with Gasteiger partial charge in [0, 0.05) is 5.56 Å². The minimum atomic E-state index is -2.55. The molecule has 0 aliphatic carbocycles. The lowest BCUT2D eigenvalue weighted by atomic mass is 10.2. The number of ether oxygens (including phenoxy) is 1. The average Bonchev–Trinajstić information content (AvgIpc) is 2.16. The molecule has 0 atom stereocenters. The van der Waals surface area contributed by atoms with E-state index in [4.69, 9.17) is 4.74 Å². The van der Waals surface area contributed by atoms with E-state index in [-0.39, 0.29) is 23.0 Å². The Morgan fingerprint density at radius 1 is 1.33 bits per heavy atom. The zero-order chi connectivity index (χ0) is 11.4. The first-order valence-electron chi connectivity index (χ1n) is 4.74. The van der Waals surface area contributed by atoms with Crippen molar-refractivity contribution in [3.8, 4) is 11.5 Å². The third-order valence-electron chi connectivity index (χ3n) is 1.81. The predicted octanol–water partition coefficient (Wildman–Crippen LogP) is 3.36. The Kier molecular flexibility index (Phi) is 3.88. The molecule has 0 heterocycles. The second-order valence-electron chi connectivity index (χ2n) is 3.73. The van der Waals surface area contributed by atoms with Crippen LogP contribution >= 0.6 is 0 Å². The molecule has 0 saturated heterocycles. The molecule has 0 saturated carbocycles. The van der Waals surface area contributed by atoms with Gasteiger partial charge in [-0.3, -0.25) is 0 Å². The molecule has 1 N–H and O–H groups in total. The smallest absolute Gasteiger partial charge is 0.263 e. The molecule has 1 aromatic rings. The zero-order valence-corrected chi connectivity index (χ0v) is 8.71. The molecular weight excluding hydrogens is 202 g/mol. The second-order valence-corrected chi connectivity index (χ2v) is 3.73. The highest BCUT2D eigenvalue weighted by Crippen LogP contribution is 2.31. The van der Waals surface area contributed by atoms with Gasteiger partial charge in [0.2, 0.25) is 0 Å². The van der Waals surface area contributed by atoms with E-state index in [0.717, 1.165) is 0 Å². The summed E-state index contributed by atoms with van der Waals surface area (Å²) < 4.78 is 29.9. The van der Waals surface area contributed by atoms with Crippen molar-refractivity contribution in [2.45, 2.75) is 20.3 Å². The normalized spacial score (nSPS) is 11.1. The summed E-state index contributed by atoms with van der Waals surface area (Å²) in [6, 6.07) is 3.57. The SMILES string of the molecule is CC(C)COc1cc(C(F)F)ccc1O. The van der Waals surface area contributed by atoms with E-state index < -0.39 is 6.43 Å². The van der Waals surface area contributed by atoms with Crippen LogP contribution in [0.2, 0.25) is 0 Å². The first-order valence-corrected chi connectivity index (χ1v) is 4.74. The van der Waals surface area contributed by atoms with Crippen molar-refractivity contribution in [2.75, 3.05) is 6.61 Å². The van der Waals surface area contributed by atoms with Crippen molar-refractivity contribution in [3.05, 3.63) is 23.8 Å². The van der Waals surface area contributed by atoms with Crippen LogP contribution in [0.25, 0.3) is 0 Å². The summed E-state index contributed by atoms with van der Waals surface area (Å²) >= 11 is 0. The molecule has 4 heteroatoms. The number of hydrogen-bond acceptors (Lipinski definition) is 2. The lowest BCUT2D eigenvalue weighted by molar-refractivity contribution is 0.150. The molecule has 0 bridgehead atoms. The topological polar surface area (TPSA) is 29.5 Å². The van der Waals surface area contributed by atoms with Crippen molar-refractivity contribution >= 4 is 0 Å². The highest BCUT2D eigenvalue weighted by Gasteiger charge is 2.11. The highest BCUT2D eigenvalue weighted by molar-refractivity contribution is 5.42. The molecule has 0 aliphatic heterocycles. The maximum Gasteiger partial charge on any atom is 0.263 e. The number of hydrogen-bond donors (Lipinski definition) is 1. The number of phenolic OH excluding ortho intramolecular Hbond substituents is 1. The number of rotatable bonds is 4. The molecule has 0 unspecified atom stereocenters. The van der Waals surface area contributed by atoms with Crippen molar-refractivity contribution < 1.29 is 18.6 Å². The molecule has 1 rings (SSSR count). The van der Waals surface area contributed by atoms with Crippen molar-refractivity contribution in [2.24, 2.45) is 5.92 Å². The summed E-state index contributed by atoms with van der Waals surface area (Å²) in [5.74, 6) is 0.279. The fourth-order valence-electron chi connectivity index (χ4n) is 1.04. The van der Waals surface area contributed by atoms with E-state index >= 15 is 0 Å². The molecule has 0 fully saturated rings. The van der Waals surface area contributed by atoms with Crippen molar-refractivity contribution in [3.63, 3.8) is 0 Å². The molecule has 0 spiro atoms. The fourth-order valence-corrected chi connectivity index (χ4v) is 1.04. The van der Waals surface area contributed by atoms with Crippen LogP contribution in [0.4, 0.5) is 8.78 Å². The standard InChI is InChI=1S/C11H14F2O2/c1-7(2)6-15-10-5-8(11(12)13)3-4-9(10)14/h3-5,7,11,14H,6H2,1-2H3. The monoisotopic (exact) mass is 216 g/mol. The Balaban J connectivity index is 2.81. The van der Waals surface area contributed by atoms with Gasteiger partial charge in [-0.1, -0.05) is 13.8 Å². The Morgan fingerprint density at radius 2 is 2.00 bits per heavy atom.